The first-order chi connectivity index (χ1) is 15.1. The Morgan fingerprint density at radius 3 is 2.59 bits per heavy atom. The smallest absolute Gasteiger partial charge is 0.475 e. The molecule has 0 saturated heterocycles. The fraction of sp³-hybridized carbons (Fsp3) is 0.350. The molecule has 0 aliphatic heterocycles. The summed E-state index contributed by atoms with van der Waals surface area (Å²) in [6, 6.07) is 4.73. The topological polar surface area (TPSA) is 124 Å². The van der Waals surface area contributed by atoms with Gasteiger partial charge in [0.25, 0.3) is 0 Å². The van der Waals surface area contributed by atoms with Gasteiger partial charge in [0.2, 0.25) is 0 Å². The summed E-state index contributed by atoms with van der Waals surface area (Å²) < 4.78 is 35.6. The lowest BCUT2D eigenvalue weighted by Crippen LogP contribution is -2.21. The van der Waals surface area contributed by atoms with E-state index in [2.05, 4.69) is 51.9 Å². The number of carboxylic acids is 1. The Hall–Kier alpha value is -3.70. The summed E-state index contributed by atoms with van der Waals surface area (Å²) >= 11 is 0. The summed E-state index contributed by atoms with van der Waals surface area (Å²) in [4.78, 5) is 17.3. The number of nitrogens with two attached hydrogens (primary N) is 1. The monoisotopic (exact) mass is 447 g/mol. The number of aromatic nitrogens is 6. The molecule has 168 valence electrons. The van der Waals surface area contributed by atoms with Crippen LogP contribution in [0.5, 0.6) is 0 Å². The van der Waals surface area contributed by atoms with E-state index in [4.69, 9.17) is 20.7 Å². The molecule has 3 aromatic heterocycles. The lowest BCUT2D eigenvalue weighted by Gasteiger charge is -2.09. The first-order valence-corrected chi connectivity index (χ1v) is 9.80. The fourth-order valence-electron chi connectivity index (χ4n) is 3.51. The fourth-order valence-corrected chi connectivity index (χ4v) is 3.51. The van der Waals surface area contributed by atoms with Crippen LogP contribution in [-0.4, -0.2) is 46.6 Å². The molecule has 1 aliphatic carbocycles. The summed E-state index contributed by atoms with van der Waals surface area (Å²) in [6.07, 6.45) is 2.93. The van der Waals surface area contributed by atoms with Gasteiger partial charge in [-0.15, -0.1) is 0 Å². The van der Waals surface area contributed by atoms with Crippen LogP contribution in [0.2, 0.25) is 0 Å². The molecule has 1 unspecified atom stereocenters. The highest BCUT2D eigenvalue weighted by Gasteiger charge is 2.38. The number of halogens is 3. The standard InChI is InChI=1S/C18H19N7.C2HF3O2/c1-10-5-13(15-7-20-18-17(19)21-9-22-25(15)18)6-14-8-24(23-16(10)14)11(2)12-3-4-12;3-2(4,5)1(6)7/h5-9,11-12H,3-4H2,1-2H3,(H2,19,21,22);(H,6,7). The second-order valence-corrected chi connectivity index (χ2v) is 7.75. The van der Waals surface area contributed by atoms with Crippen LogP contribution in [0.3, 0.4) is 0 Å². The first-order valence-electron chi connectivity index (χ1n) is 9.80. The van der Waals surface area contributed by atoms with Crippen LogP contribution in [0, 0.1) is 12.8 Å². The molecule has 3 heterocycles. The third-order valence-electron chi connectivity index (χ3n) is 5.41. The average molecular weight is 447 g/mol. The maximum atomic E-state index is 10.6. The number of imidazole rings is 1. The van der Waals surface area contributed by atoms with Gasteiger partial charge in [0.1, 0.15) is 6.33 Å². The van der Waals surface area contributed by atoms with Crippen molar-refractivity contribution in [1.82, 2.24) is 29.4 Å². The van der Waals surface area contributed by atoms with Crippen LogP contribution >= 0.6 is 0 Å². The third-order valence-corrected chi connectivity index (χ3v) is 5.41. The van der Waals surface area contributed by atoms with E-state index in [9.17, 15) is 13.2 Å². The van der Waals surface area contributed by atoms with E-state index >= 15 is 0 Å². The van der Waals surface area contributed by atoms with E-state index in [1.165, 1.54) is 19.2 Å². The van der Waals surface area contributed by atoms with Gasteiger partial charge in [-0.2, -0.15) is 23.4 Å². The van der Waals surface area contributed by atoms with Gasteiger partial charge in [-0.1, -0.05) is 0 Å². The molecular weight excluding hydrogens is 427 g/mol. The van der Waals surface area contributed by atoms with Crippen molar-refractivity contribution in [2.24, 2.45) is 5.92 Å². The van der Waals surface area contributed by atoms with Crippen molar-refractivity contribution in [3.05, 3.63) is 36.4 Å². The molecule has 1 saturated carbocycles. The number of anilines is 1. The molecule has 32 heavy (non-hydrogen) atoms. The van der Waals surface area contributed by atoms with Crippen molar-refractivity contribution in [1.29, 1.82) is 0 Å². The zero-order chi connectivity index (χ0) is 23.2. The van der Waals surface area contributed by atoms with Crippen molar-refractivity contribution in [2.75, 3.05) is 5.73 Å². The summed E-state index contributed by atoms with van der Waals surface area (Å²) in [5.41, 5.74) is 10.6. The van der Waals surface area contributed by atoms with Gasteiger partial charge in [0.15, 0.2) is 11.5 Å². The average Bonchev–Trinajstić information content (AvgIpc) is 3.32. The van der Waals surface area contributed by atoms with Crippen molar-refractivity contribution >= 4 is 28.3 Å². The quantitative estimate of drug-likeness (QED) is 0.491. The predicted molar refractivity (Wildman–Crippen MR) is 110 cm³/mol. The van der Waals surface area contributed by atoms with E-state index < -0.39 is 12.1 Å². The number of nitrogens with zero attached hydrogens (tertiary/aromatic N) is 6. The van der Waals surface area contributed by atoms with Gasteiger partial charge in [0, 0.05) is 17.1 Å². The van der Waals surface area contributed by atoms with Crippen LogP contribution in [0.15, 0.2) is 30.9 Å². The minimum absolute atomic E-state index is 0.380. The van der Waals surface area contributed by atoms with Gasteiger partial charge in [0.05, 0.1) is 23.4 Å². The van der Waals surface area contributed by atoms with Crippen LogP contribution in [0.4, 0.5) is 19.0 Å². The summed E-state index contributed by atoms with van der Waals surface area (Å²) in [5, 5.41) is 17.4. The molecule has 3 N–H and O–H groups in total. The number of carboxylic acid groups (broad SMARTS) is 1. The largest absolute Gasteiger partial charge is 0.490 e. The second kappa shape index (κ2) is 7.77. The van der Waals surface area contributed by atoms with Gasteiger partial charge < -0.3 is 10.8 Å². The van der Waals surface area contributed by atoms with Crippen LogP contribution in [-0.2, 0) is 4.79 Å². The number of hydrogen-bond donors (Lipinski definition) is 2. The molecule has 1 fully saturated rings. The molecule has 0 bridgehead atoms. The molecule has 9 nitrogen and oxygen atoms in total. The van der Waals surface area contributed by atoms with Crippen LogP contribution < -0.4 is 5.73 Å². The summed E-state index contributed by atoms with van der Waals surface area (Å²) in [6.45, 7) is 4.35. The number of hydrogen-bond acceptors (Lipinski definition) is 6. The molecule has 0 radical (unpaired) electrons. The Kier molecular flexibility index (Phi) is 5.23. The lowest BCUT2D eigenvalue weighted by molar-refractivity contribution is -0.192. The summed E-state index contributed by atoms with van der Waals surface area (Å²) in [5.74, 6) is -1.61. The summed E-state index contributed by atoms with van der Waals surface area (Å²) in [7, 11) is 0. The molecule has 1 aliphatic rings. The molecule has 0 amide bonds. The number of aliphatic carboxylic acids is 1. The normalized spacial score (nSPS) is 14.9. The van der Waals surface area contributed by atoms with E-state index in [-0.39, 0.29) is 0 Å². The van der Waals surface area contributed by atoms with Crippen molar-refractivity contribution in [3.8, 4) is 11.3 Å². The Balaban J connectivity index is 0.000000307. The zero-order valence-corrected chi connectivity index (χ0v) is 17.2. The molecular formula is C20H20F3N7O2. The van der Waals surface area contributed by atoms with Crippen LogP contribution in [0.1, 0.15) is 31.4 Å². The van der Waals surface area contributed by atoms with Crippen molar-refractivity contribution in [2.45, 2.75) is 38.9 Å². The van der Waals surface area contributed by atoms with Gasteiger partial charge in [-0.25, -0.2) is 19.3 Å². The van der Waals surface area contributed by atoms with E-state index in [1.54, 1.807) is 10.7 Å². The zero-order valence-electron chi connectivity index (χ0n) is 17.2. The number of nitrogen functional groups attached to an aromatic ring is 1. The van der Waals surface area contributed by atoms with E-state index in [1.807, 2.05) is 0 Å². The van der Waals surface area contributed by atoms with E-state index in [0.717, 1.165) is 33.6 Å². The van der Waals surface area contributed by atoms with Gasteiger partial charge >= 0.3 is 12.1 Å². The number of alkyl halides is 3. The van der Waals surface area contributed by atoms with Crippen molar-refractivity contribution in [3.63, 3.8) is 0 Å². The highest BCUT2D eigenvalue weighted by atomic mass is 19.4. The Morgan fingerprint density at radius 2 is 1.97 bits per heavy atom. The number of aryl methyl sites for hydroxylation is 1. The van der Waals surface area contributed by atoms with Gasteiger partial charge in [-0.05, 0) is 50.3 Å². The maximum Gasteiger partial charge on any atom is 0.490 e. The minimum Gasteiger partial charge on any atom is -0.475 e. The highest BCUT2D eigenvalue weighted by molar-refractivity contribution is 5.87. The Labute approximate surface area is 179 Å². The second-order valence-electron chi connectivity index (χ2n) is 7.75. The van der Waals surface area contributed by atoms with Gasteiger partial charge in [-0.3, -0.25) is 4.68 Å². The first kappa shape index (κ1) is 21.5. The lowest BCUT2D eigenvalue weighted by atomic mass is 10.1. The van der Waals surface area contributed by atoms with Crippen molar-refractivity contribution < 1.29 is 23.1 Å². The van der Waals surface area contributed by atoms with Crippen LogP contribution in [0.25, 0.3) is 27.8 Å². The number of rotatable bonds is 3. The molecule has 4 aromatic rings. The Bertz CT molecular complexity index is 1310. The molecule has 0 spiro atoms. The molecule has 1 aromatic carbocycles. The van der Waals surface area contributed by atoms with E-state index in [0.29, 0.717) is 17.5 Å². The highest BCUT2D eigenvalue weighted by Crippen LogP contribution is 2.40. The number of carbonyl (C=O) groups is 1. The predicted octanol–water partition coefficient (Wildman–Crippen LogP) is 3.64. The number of benzene rings is 1. The molecule has 1 atom stereocenters. The Morgan fingerprint density at radius 1 is 1.28 bits per heavy atom. The SMILES string of the molecule is Cc1cc(-c2cnc3c(N)ncnn23)cc2cn(C(C)C3CC3)nc12.O=C(O)C(F)(F)F. The molecule has 5 rings (SSSR count). The number of fused-ring (bicyclic) bond motifs is 2. The third kappa shape index (κ3) is 4.07. The maximum absolute atomic E-state index is 10.6. The minimum atomic E-state index is -5.08. The molecule has 12 heteroatoms.